The van der Waals surface area contributed by atoms with E-state index in [2.05, 4.69) is 5.10 Å². The third kappa shape index (κ3) is 3.79. The molecule has 2 atom stereocenters. The Morgan fingerprint density at radius 1 is 1.43 bits per heavy atom. The van der Waals surface area contributed by atoms with E-state index in [4.69, 9.17) is 11.6 Å². The van der Waals surface area contributed by atoms with E-state index in [0.717, 1.165) is 36.3 Å². The van der Waals surface area contributed by atoms with Crippen LogP contribution in [0.15, 0.2) is 0 Å². The van der Waals surface area contributed by atoms with Gasteiger partial charge in [-0.1, -0.05) is 0 Å². The second kappa shape index (κ2) is 6.26. The normalized spacial score (nSPS) is 22.4. The molecule has 2 rings (SSSR count). The van der Waals surface area contributed by atoms with Gasteiger partial charge in [0.05, 0.1) is 17.3 Å². The number of aryl methyl sites for hydroxylation is 1. The molecule has 0 aromatic carbocycles. The maximum absolute atomic E-state index is 11.7. The Morgan fingerprint density at radius 2 is 2.10 bits per heavy atom. The highest BCUT2D eigenvalue weighted by molar-refractivity contribution is 7.88. The van der Waals surface area contributed by atoms with Crippen molar-refractivity contribution >= 4 is 21.6 Å². The fourth-order valence-corrected chi connectivity index (χ4v) is 4.44. The quantitative estimate of drug-likeness (QED) is 0.795. The molecule has 7 heteroatoms. The minimum atomic E-state index is -3.10. The molecule has 1 aliphatic heterocycles. The highest BCUT2D eigenvalue weighted by Crippen LogP contribution is 2.28. The molecular formula is C14H24ClN3O2S. The molecule has 0 spiro atoms. The fraction of sp³-hybridized carbons (Fsp3) is 0.786. The molecule has 5 nitrogen and oxygen atoms in total. The Balaban J connectivity index is 2.14. The van der Waals surface area contributed by atoms with Gasteiger partial charge < -0.3 is 0 Å². The average Bonchev–Trinajstić information content (AvgIpc) is 2.63. The first-order chi connectivity index (χ1) is 9.70. The van der Waals surface area contributed by atoms with Crippen LogP contribution >= 0.6 is 11.6 Å². The predicted octanol–water partition coefficient (Wildman–Crippen LogP) is 2.47. The lowest BCUT2D eigenvalue weighted by atomic mass is 9.99. The SMILES string of the molecule is Cc1nn(CC2CCCN(S(C)(=O)=O)C2)c(C)c1C(C)Cl. The van der Waals surface area contributed by atoms with Gasteiger partial charge in [-0.15, -0.1) is 11.6 Å². The van der Waals surface area contributed by atoms with Gasteiger partial charge in [0, 0.05) is 30.9 Å². The Hall–Kier alpha value is -0.590. The molecular weight excluding hydrogens is 310 g/mol. The molecule has 2 heterocycles. The maximum atomic E-state index is 11.7. The van der Waals surface area contributed by atoms with Gasteiger partial charge in [0.25, 0.3) is 0 Å². The fourth-order valence-electron chi connectivity index (χ4n) is 3.19. The van der Waals surface area contributed by atoms with Crippen LogP contribution in [0.25, 0.3) is 0 Å². The molecule has 2 unspecified atom stereocenters. The number of nitrogens with zero attached hydrogens (tertiary/aromatic N) is 3. The molecule has 1 fully saturated rings. The van der Waals surface area contributed by atoms with Gasteiger partial charge in [0.15, 0.2) is 0 Å². The van der Waals surface area contributed by atoms with Crippen LogP contribution in [0.2, 0.25) is 0 Å². The highest BCUT2D eigenvalue weighted by Gasteiger charge is 2.27. The van der Waals surface area contributed by atoms with Crippen molar-refractivity contribution in [2.45, 2.75) is 45.5 Å². The number of hydrogen-bond donors (Lipinski definition) is 0. The van der Waals surface area contributed by atoms with Crippen LogP contribution in [0.3, 0.4) is 0 Å². The van der Waals surface area contributed by atoms with Crippen molar-refractivity contribution in [3.63, 3.8) is 0 Å². The minimum absolute atomic E-state index is 0.0578. The summed E-state index contributed by atoms with van der Waals surface area (Å²) < 4.78 is 26.9. The molecule has 1 aromatic heterocycles. The topological polar surface area (TPSA) is 55.2 Å². The molecule has 1 saturated heterocycles. The molecule has 0 amide bonds. The predicted molar refractivity (Wildman–Crippen MR) is 85.1 cm³/mol. The van der Waals surface area contributed by atoms with Crippen molar-refractivity contribution in [1.29, 1.82) is 0 Å². The first-order valence-corrected chi connectivity index (χ1v) is 9.61. The second-order valence-corrected chi connectivity index (χ2v) is 8.65. The molecule has 0 N–H and O–H groups in total. The molecule has 120 valence electrons. The third-order valence-electron chi connectivity index (χ3n) is 4.22. The maximum Gasteiger partial charge on any atom is 0.211 e. The zero-order valence-electron chi connectivity index (χ0n) is 13.1. The zero-order valence-corrected chi connectivity index (χ0v) is 14.7. The molecule has 0 bridgehead atoms. The van der Waals surface area contributed by atoms with E-state index >= 15 is 0 Å². The van der Waals surface area contributed by atoms with Crippen LogP contribution in [0.4, 0.5) is 0 Å². The summed E-state index contributed by atoms with van der Waals surface area (Å²) in [4.78, 5) is 0. The molecule has 0 saturated carbocycles. The Labute approximate surface area is 132 Å². The van der Waals surface area contributed by atoms with Crippen molar-refractivity contribution in [2.75, 3.05) is 19.3 Å². The van der Waals surface area contributed by atoms with Crippen LogP contribution in [0.1, 0.15) is 42.1 Å². The van der Waals surface area contributed by atoms with Gasteiger partial charge in [0.1, 0.15) is 0 Å². The largest absolute Gasteiger partial charge is 0.269 e. The van der Waals surface area contributed by atoms with Gasteiger partial charge in [0.2, 0.25) is 10.0 Å². The number of rotatable bonds is 4. The molecule has 21 heavy (non-hydrogen) atoms. The molecule has 1 aliphatic rings. The van der Waals surface area contributed by atoms with Gasteiger partial charge in [-0.25, -0.2) is 12.7 Å². The van der Waals surface area contributed by atoms with Crippen molar-refractivity contribution in [2.24, 2.45) is 5.92 Å². The number of aromatic nitrogens is 2. The van der Waals surface area contributed by atoms with Gasteiger partial charge in [-0.3, -0.25) is 4.68 Å². The van der Waals surface area contributed by atoms with E-state index < -0.39 is 10.0 Å². The first kappa shape index (κ1) is 16.8. The van der Waals surface area contributed by atoms with Crippen LogP contribution < -0.4 is 0 Å². The number of alkyl halides is 1. The number of hydrogen-bond acceptors (Lipinski definition) is 3. The number of sulfonamides is 1. The van der Waals surface area contributed by atoms with Gasteiger partial charge >= 0.3 is 0 Å². The Kier molecular flexibility index (Phi) is 5.00. The lowest BCUT2D eigenvalue weighted by Crippen LogP contribution is -2.40. The Bertz CT molecular complexity index is 610. The summed E-state index contributed by atoms with van der Waals surface area (Å²) in [6, 6.07) is 0. The second-order valence-electron chi connectivity index (χ2n) is 6.01. The smallest absolute Gasteiger partial charge is 0.211 e. The summed E-state index contributed by atoms with van der Waals surface area (Å²) in [7, 11) is -3.10. The van der Waals surface area contributed by atoms with Crippen LogP contribution in [0, 0.1) is 19.8 Å². The van der Waals surface area contributed by atoms with Crippen molar-refractivity contribution in [3.05, 3.63) is 17.0 Å². The summed E-state index contributed by atoms with van der Waals surface area (Å²) in [5.74, 6) is 0.310. The molecule has 0 radical (unpaired) electrons. The van der Waals surface area contributed by atoms with E-state index in [0.29, 0.717) is 19.0 Å². The summed E-state index contributed by atoms with van der Waals surface area (Å²) in [5, 5.41) is 4.52. The highest BCUT2D eigenvalue weighted by atomic mass is 35.5. The Morgan fingerprint density at radius 3 is 2.62 bits per heavy atom. The standard InChI is InChI=1S/C14H24ClN3O2S/c1-10(15)14-11(2)16-18(12(14)3)9-13-6-5-7-17(8-13)21(4,19)20/h10,13H,5-9H2,1-4H3. The van der Waals surface area contributed by atoms with E-state index in [-0.39, 0.29) is 5.38 Å². The summed E-state index contributed by atoms with van der Waals surface area (Å²) in [6.07, 6.45) is 3.23. The monoisotopic (exact) mass is 333 g/mol. The van der Waals surface area contributed by atoms with E-state index in [1.807, 2.05) is 25.5 Å². The minimum Gasteiger partial charge on any atom is -0.269 e. The average molecular weight is 334 g/mol. The molecule has 1 aromatic rings. The van der Waals surface area contributed by atoms with Crippen molar-refractivity contribution in [3.8, 4) is 0 Å². The summed E-state index contributed by atoms with van der Waals surface area (Å²) in [5.41, 5.74) is 3.14. The lowest BCUT2D eigenvalue weighted by molar-refractivity contribution is 0.239. The van der Waals surface area contributed by atoms with Crippen LogP contribution in [0.5, 0.6) is 0 Å². The third-order valence-corrected chi connectivity index (χ3v) is 5.71. The van der Waals surface area contributed by atoms with Gasteiger partial charge in [-0.2, -0.15) is 5.10 Å². The lowest BCUT2D eigenvalue weighted by Gasteiger charge is -2.31. The number of piperidine rings is 1. The molecule has 0 aliphatic carbocycles. The van der Waals surface area contributed by atoms with Gasteiger partial charge in [-0.05, 0) is 39.5 Å². The number of halogens is 1. The van der Waals surface area contributed by atoms with Crippen LogP contribution in [-0.2, 0) is 16.6 Å². The first-order valence-electron chi connectivity index (χ1n) is 7.33. The summed E-state index contributed by atoms with van der Waals surface area (Å²) >= 11 is 6.21. The van der Waals surface area contributed by atoms with Crippen molar-refractivity contribution < 1.29 is 8.42 Å². The van der Waals surface area contributed by atoms with E-state index in [1.54, 1.807) is 4.31 Å². The zero-order chi connectivity index (χ0) is 15.8. The summed E-state index contributed by atoms with van der Waals surface area (Å²) in [6.45, 7) is 7.93. The van der Waals surface area contributed by atoms with Crippen LogP contribution in [-0.4, -0.2) is 41.8 Å². The van der Waals surface area contributed by atoms with E-state index in [9.17, 15) is 8.42 Å². The van der Waals surface area contributed by atoms with E-state index in [1.165, 1.54) is 6.26 Å². The van der Waals surface area contributed by atoms with Crippen molar-refractivity contribution in [1.82, 2.24) is 14.1 Å².